The summed E-state index contributed by atoms with van der Waals surface area (Å²) < 4.78 is 11.1. The molecule has 0 aromatic rings. The van der Waals surface area contributed by atoms with Crippen LogP contribution in [0.3, 0.4) is 0 Å². The zero-order valence-corrected chi connectivity index (χ0v) is 10.8. The molecule has 1 aliphatic carbocycles. The molecule has 0 N–H and O–H groups in total. The molecule has 2 fully saturated rings. The van der Waals surface area contributed by atoms with E-state index >= 15 is 0 Å². The summed E-state index contributed by atoms with van der Waals surface area (Å²) in [6.45, 7) is 7.46. The lowest BCUT2D eigenvalue weighted by Gasteiger charge is -2.28. The summed E-state index contributed by atoms with van der Waals surface area (Å²) in [5.41, 5.74) is 0.488. The van der Waals surface area contributed by atoms with Crippen LogP contribution in [0.1, 0.15) is 46.0 Å². The smallest absolute Gasteiger partial charge is 0.333 e. The first-order valence-electron chi connectivity index (χ1n) is 6.63. The first-order valence-corrected chi connectivity index (χ1v) is 6.63. The molecule has 1 heterocycles. The molecular formula is C14H22O3. The van der Waals surface area contributed by atoms with Crippen LogP contribution >= 0.6 is 0 Å². The van der Waals surface area contributed by atoms with Crippen molar-refractivity contribution < 1.29 is 14.3 Å². The lowest BCUT2D eigenvalue weighted by molar-refractivity contribution is -0.148. The third kappa shape index (κ3) is 3.09. The fraction of sp³-hybridized carbons (Fsp3) is 0.786. The quantitative estimate of drug-likeness (QED) is 0.420. The molecule has 4 unspecified atom stereocenters. The molecule has 2 rings (SSSR count). The molecule has 0 spiro atoms. The zero-order valence-electron chi connectivity index (χ0n) is 10.8. The predicted molar refractivity (Wildman–Crippen MR) is 65.6 cm³/mol. The molecule has 4 atom stereocenters. The number of fused-ring (bicyclic) bond motifs is 1. The van der Waals surface area contributed by atoms with Crippen LogP contribution < -0.4 is 0 Å². The molecule has 1 saturated carbocycles. The maximum atomic E-state index is 11.6. The number of hydrogen-bond acceptors (Lipinski definition) is 3. The van der Waals surface area contributed by atoms with Gasteiger partial charge in [-0.25, -0.2) is 4.79 Å². The second-order valence-corrected chi connectivity index (χ2v) is 5.30. The molecule has 0 bridgehead atoms. The summed E-state index contributed by atoms with van der Waals surface area (Å²) in [6.07, 6.45) is 6.28. The van der Waals surface area contributed by atoms with Gasteiger partial charge in [0.2, 0.25) is 0 Å². The van der Waals surface area contributed by atoms with Gasteiger partial charge in [-0.2, -0.15) is 0 Å². The summed E-state index contributed by atoms with van der Waals surface area (Å²) in [6, 6.07) is 0. The monoisotopic (exact) mass is 238 g/mol. The second-order valence-electron chi connectivity index (χ2n) is 5.30. The Labute approximate surface area is 103 Å². The third-order valence-corrected chi connectivity index (χ3v) is 3.75. The standard InChI is InChI=1S/C14H22O3/c1-4-5-11(17-14(15)9(2)3)10-6-7-12-13(8-10)16-12/h10-13H,2,4-8H2,1,3H3. The van der Waals surface area contributed by atoms with Crippen LogP contribution in [-0.4, -0.2) is 24.3 Å². The zero-order chi connectivity index (χ0) is 12.4. The van der Waals surface area contributed by atoms with Crippen molar-refractivity contribution in [3.63, 3.8) is 0 Å². The highest BCUT2D eigenvalue weighted by Gasteiger charge is 2.46. The molecule has 3 nitrogen and oxygen atoms in total. The average Bonchev–Trinajstić information content (AvgIpc) is 3.05. The van der Waals surface area contributed by atoms with Crippen molar-refractivity contribution in [2.75, 3.05) is 0 Å². The summed E-state index contributed by atoms with van der Waals surface area (Å²) in [5, 5.41) is 0. The van der Waals surface area contributed by atoms with Crippen LogP contribution in [0.15, 0.2) is 12.2 Å². The van der Waals surface area contributed by atoms with Gasteiger partial charge >= 0.3 is 5.97 Å². The maximum absolute atomic E-state index is 11.6. The van der Waals surface area contributed by atoms with Gasteiger partial charge in [-0.05, 0) is 38.5 Å². The van der Waals surface area contributed by atoms with E-state index in [1.54, 1.807) is 6.92 Å². The van der Waals surface area contributed by atoms with Crippen molar-refractivity contribution >= 4 is 5.97 Å². The molecule has 1 aliphatic heterocycles. The average molecular weight is 238 g/mol. The Morgan fingerprint density at radius 1 is 1.47 bits per heavy atom. The molecular weight excluding hydrogens is 216 g/mol. The number of esters is 1. The highest BCUT2D eigenvalue weighted by molar-refractivity contribution is 5.87. The van der Waals surface area contributed by atoms with E-state index in [2.05, 4.69) is 13.5 Å². The van der Waals surface area contributed by atoms with Crippen LogP contribution in [0.4, 0.5) is 0 Å². The number of carbonyl (C=O) groups excluding carboxylic acids is 1. The number of hydrogen-bond donors (Lipinski definition) is 0. The third-order valence-electron chi connectivity index (χ3n) is 3.75. The van der Waals surface area contributed by atoms with Gasteiger partial charge in [-0.1, -0.05) is 19.9 Å². The first-order chi connectivity index (χ1) is 8.11. The highest BCUT2D eigenvalue weighted by Crippen LogP contribution is 2.42. The lowest BCUT2D eigenvalue weighted by atomic mass is 9.83. The molecule has 0 aromatic carbocycles. The van der Waals surface area contributed by atoms with Crippen molar-refractivity contribution in [3.8, 4) is 0 Å². The Balaban J connectivity index is 1.90. The van der Waals surface area contributed by atoms with Crippen molar-refractivity contribution in [2.45, 2.75) is 64.3 Å². The van der Waals surface area contributed by atoms with Crippen molar-refractivity contribution in [1.82, 2.24) is 0 Å². The van der Waals surface area contributed by atoms with Crippen LogP contribution in [0.2, 0.25) is 0 Å². The van der Waals surface area contributed by atoms with Gasteiger partial charge in [0.1, 0.15) is 6.10 Å². The molecule has 0 aromatic heterocycles. The number of epoxide rings is 1. The van der Waals surface area contributed by atoms with E-state index in [-0.39, 0.29) is 12.1 Å². The molecule has 0 radical (unpaired) electrons. The Morgan fingerprint density at radius 2 is 2.24 bits per heavy atom. The first kappa shape index (κ1) is 12.6. The number of ether oxygens (including phenoxy) is 2. The van der Waals surface area contributed by atoms with E-state index in [0.29, 0.717) is 23.7 Å². The Morgan fingerprint density at radius 3 is 2.82 bits per heavy atom. The van der Waals surface area contributed by atoms with Gasteiger partial charge < -0.3 is 9.47 Å². The van der Waals surface area contributed by atoms with E-state index in [1.165, 1.54) is 0 Å². The minimum Gasteiger partial charge on any atom is -0.459 e. The van der Waals surface area contributed by atoms with Crippen molar-refractivity contribution in [2.24, 2.45) is 5.92 Å². The molecule has 2 aliphatic rings. The van der Waals surface area contributed by atoms with E-state index < -0.39 is 0 Å². The molecule has 1 saturated heterocycles. The van der Waals surface area contributed by atoms with E-state index in [4.69, 9.17) is 9.47 Å². The van der Waals surface area contributed by atoms with Gasteiger partial charge in [-0.3, -0.25) is 0 Å². The van der Waals surface area contributed by atoms with Gasteiger partial charge in [0.25, 0.3) is 0 Å². The Hall–Kier alpha value is -0.830. The summed E-state index contributed by atoms with van der Waals surface area (Å²) >= 11 is 0. The van der Waals surface area contributed by atoms with E-state index in [9.17, 15) is 4.79 Å². The van der Waals surface area contributed by atoms with Gasteiger partial charge in [0, 0.05) is 5.57 Å². The summed E-state index contributed by atoms with van der Waals surface area (Å²) in [7, 11) is 0. The predicted octanol–water partition coefficient (Wildman–Crippen LogP) is 2.84. The molecule has 96 valence electrons. The fourth-order valence-corrected chi connectivity index (χ4v) is 2.69. The van der Waals surface area contributed by atoms with Crippen LogP contribution in [-0.2, 0) is 14.3 Å². The van der Waals surface area contributed by atoms with Crippen LogP contribution in [0, 0.1) is 5.92 Å². The largest absolute Gasteiger partial charge is 0.459 e. The second kappa shape index (κ2) is 5.21. The molecule has 17 heavy (non-hydrogen) atoms. The highest BCUT2D eigenvalue weighted by atomic mass is 16.6. The van der Waals surface area contributed by atoms with Gasteiger partial charge in [0.15, 0.2) is 0 Å². The lowest BCUT2D eigenvalue weighted by Crippen LogP contribution is -2.30. The van der Waals surface area contributed by atoms with Crippen molar-refractivity contribution in [1.29, 1.82) is 0 Å². The SMILES string of the molecule is C=C(C)C(=O)OC(CCC)C1CCC2OC2C1. The van der Waals surface area contributed by atoms with Gasteiger partial charge in [0.05, 0.1) is 12.2 Å². The normalized spacial score (nSPS) is 32.5. The Kier molecular flexibility index (Phi) is 3.87. The summed E-state index contributed by atoms with van der Waals surface area (Å²) in [5.74, 6) is 0.226. The molecule has 0 amide bonds. The van der Waals surface area contributed by atoms with Gasteiger partial charge in [-0.15, -0.1) is 0 Å². The number of carbonyl (C=O) groups is 1. The Bertz CT molecular complexity index is 311. The minimum atomic E-state index is -0.248. The van der Waals surface area contributed by atoms with Crippen molar-refractivity contribution in [3.05, 3.63) is 12.2 Å². The minimum absolute atomic E-state index is 0.0503. The van der Waals surface area contributed by atoms with Crippen LogP contribution in [0.5, 0.6) is 0 Å². The van der Waals surface area contributed by atoms with Crippen LogP contribution in [0.25, 0.3) is 0 Å². The maximum Gasteiger partial charge on any atom is 0.333 e. The van der Waals surface area contributed by atoms with E-state index in [1.807, 2.05) is 0 Å². The summed E-state index contributed by atoms with van der Waals surface area (Å²) in [4.78, 5) is 11.6. The topological polar surface area (TPSA) is 38.8 Å². The number of rotatable bonds is 5. The van der Waals surface area contributed by atoms with E-state index in [0.717, 1.165) is 32.1 Å². The molecule has 3 heteroatoms. The fourth-order valence-electron chi connectivity index (χ4n) is 2.69.